The van der Waals surface area contributed by atoms with Crippen molar-refractivity contribution in [3.63, 3.8) is 0 Å². The molecule has 4 heteroatoms. The Bertz CT molecular complexity index is 582. The van der Waals surface area contributed by atoms with Crippen LogP contribution < -0.4 is 9.47 Å². The fourth-order valence-corrected chi connectivity index (χ4v) is 2.54. The molecular formula is C16H17BrO3. The molecule has 0 amide bonds. The third kappa shape index (κ3) is 3.52. The third-order valence-corrected chi connectivity index (χ3v) is 3.49. The number of aliphatic hydroxyl groups excluding tert-OH is 1. The lowest BCUT2D eigenvalue weighted by atomic mass is 10.1. The van der Waals surface area contributed by atoms with E-state index in [1.165, 1.54) is 0 Å². The Balaban J connectivity index is 2.24. The highest BCUT2D eigenvalue weighted by atomic mass is 79.9. The first-order valence-electron chi connectivity index (χ1n) is 6.49. The maximum Gasteiger partial charge on any atom is 0.169 e. The van der Waals surface area contributed by atoms with Gasteiger partial charge in [-0.25, -0.2) is 0 Å². The molecule has 2 rings (SSSR count). The third-order valence-electron chi connectivity index (χ3n) is 2.80. The monoisotopic (exact) mass is 336 g/mol. The molecule has 3 nitrogen and oxygen atoms in total. The summed E-state index contributed by atoms with van der Waals surface area (Å²) in [6.07, 6.45) is -0.519. The fourth-order valence-electron chi connectivity index (χ4n) is 1.85. The van der Waals surface area contributed by atoms with E-state index in [1.54, 1.807) is 6.92 Å². The van der Waals surface area contributed by atoms with Crippen molar-refractivity contribution in [3.05, 3.63) is 52.5 Å². The second-order valence-corrected chi connectivity index (χ2v) is 5.20. The molecule has 0 aromatic heterocycles. The van der Waals surface area contributed by atoms with Crippen molar-refractivity contribution in [1.82, 2.24) is 0 Å². The van der Waals surface area contributed by atoms with E-state index in [2.05, 4.69) is 15.9 Å². The summed E-state index contributed by atoms with van der Waals surface area (Å²) in [5.41, 5.74) is 0.829. The van der Waals surface area contributed by atoms with Crippen LogP contribution in [0.3, 0.4) is 0 Å². The topological polar surface area (TPSA) is 38.7 Å². The molecule has 0 heterocycles. The maximum absolute atomic E-state index is 9.61. The van der Waals surface area contributed by atoms with Crippen LogP contribution in [0.25, 0.3) is 0 Å². The van der Waals surface area contributed by atoms with Crippen molar-refractivity contribution >= 4 is 15.9 Å². The molecule has 2 aromatic rings. The van der Waals surface area contributed by atoms with E-state index in [0.717, 1.165) is 10.0 Å². The summed E-state index contributed by atoms with van der Waals surface area (Å²) in [4.78, 5) is 0. The summed E-state index contributed by atoms with van der Waals surface area (Å²) in [5.74, 6) is 2.07. The first-order chi connectivity index (χ1) is 9.61. The number of ether oxygens (including phenoxy) is 2. The van der Waals surface area contributed by atoms with Crippen molar-refractivity contribution in [3.8, 4) is 17.2 Å². The van der Waals surface area contributed by atoms with E-state index in [9.17, 15) is 5.11 Å². The maximum atomic E-state index is 9.61. The average Bonchev–Trinajstić information content (AvgIpc) is 2.41. The summed E-state index contributed by atoms with van der Waals surface area (Å²) < 4.78 is 12.2. The van der Waals surface area contributed by atoms with E-state index in [4.69, 9.17) is 9.47 Å². The van der Waals surface area contributed by atoms with Crippen LogP contribution in [0.5, 0.6) is 17.2 Å². The molecular weight excluding hydrogens is 320 g/mol. The zero-order chi connectivity index (χ0) is 14.5. The van der Waals surface area contributed by atoms with Crippen LogP contribution in [0.4, 0.5) is 0 Å². The highest BCUT2D eigenvalue weighted by Crippen LogP contribution is 2.34. The lowest BCUT2D eigenvalue weighted by molar-refractivity contribution is 0.198. The predicted molar refractivity (Wildman–Crippen MR) is 82.5 cm³/mol. The molecule has 0 aliphatic rings. The summed E-state index contributed by atoms with van der Waals surface area (Å²) in [7, 11) is 0. The summed E-state index contributed by atoms with van der Waals surface area (Å²) in [6.45, 7) is 4.25. The molecule has 0 aliphatic heterocycles. The molecule has 0 fully saturated rings. The molecule has 1 N–H and O–H groups in total. The summed E-state index contributed by atoms with van der Waals surface area (Å²) in [5, 5.41) is 9.61. The molecule has 20 heavy (non-hydrogen) atoms. The van der Waals surface area contributed by atoms with Crippen molar-refractivity contribution < 1.29 is 14.6 Å². The first kappa shape index (κ1) is 14.9. The van der Waals surface area contributed by atoms with Crippen LogP contribution in [0.1, 0.15) is 25.5 Å². The molecule has 0 radical (unpaired) electrons. The summed E-state index contributed by atoms with van der Waals surface area (Å²) in [6, 6.07) is 13.1. The minimum atomic E-state index is -0.519. The number of rotatable bonds is 5. The lowest BCUT2D eigenvalue weighted by Crippen LogP contribution is -1.96. The average molecular weight is 337 g/mol. The number of halogens is 1. The van der Waals surface area contributed by atoms with Gasteiger partial charge in [0.05, 0.1) is 12.7 Å². The standard InChI is InChI=1S/C16H17BrO3/c1-3-19-15-6-4-5-7-16(15)20-12-8-9-13(11(2)18)14(17)10-12/h4-11,18H,3H2,1-2H3. The van der Waals surface area contributed by atoms with Crippen molar-refractivity contribution in [2.45, 2.75) is 20.0 Å². The molecule has 2 aromatic carbocycles. The van der Waals surface area contributed by atoms with Crippen LogP contribution in [0.15, 0.2) is 46.9 Å². The van der Waals surface area contributed by atoms with Gasteiger partial charge >= 0.3 is 0 Å². The van der Waals surface area contributed by atoms with E-state index in [-0.39, 0.29) is 0 Å². The fraction of sp³-hybridized carbons (Fsp3) is 0.250. The van der Waals surface area contributed by atoms with Crippen LogP contribution in [0.2, 0.25) is 0 Å². The highest BCUT2D eigenvalue weighted by molar-refractivity contribution is 9.10. The smallest absolute Gasteiger partial charge is 0.169 e. The van der Waals surface area contributed by atoms with Gasteiger partial charge in [0.25, 0.3) is 0 Å². The molecule has 0 aliphatic carbocycles. The van der Waals surface area contributed by atoms with Crippen LogP contribution in [0, 0.1) is 0 Å². The predicted octanol–water partition coefficient (Wildman–Crippen LogP) is 4.69. The zero-order valence-corrected chi connectivity index (χ0v) is 13.1. The van der Waals surface area contributed by atoms with Gasteiger partial charge in [-0.05, 0) is 43.7 Å². The Morgan fingerprint density at radius 2 is 1.85 bits per heavy atom. The van der Waals surface area contributed by atoms with Crippen LogP contribution in [-0.4, -0.2) is 11.7 Å². The quantitative estimate of drug-likeness (QED) is 0.860. The first-order valence-corrected chi connectivity index (χ1v) is 7.28. The molecule has 0 spiro atoms. The van der Waals surface area contributed by atoms with Crippen molar-refractivity contribution in [1.29, 1.82) is 0 Å². The number of benzene rings is 2. The largest absolute Gasteiger partial charge is 0.490 e. The normalized spacial score (nSPS) is 12.0. The van der Waals surface area contributed by atoms with Gasteiger partial charge in [-0.15, -0.1) is 0 Å². The van der Waals surface area contributed by atoms with Crippen LogP contribution >= 0.6 is 15.9 Å². The van der Waals surface area contributed by atoms with E-state index in [1.807, 2.05) is 49.4 Å². The number of hydrogen-bond acceptors (Lipinski definition) is 3. The molecule has 106 valence electrons. The van der Waals surface area contributed by atoms with Crippen molar-refractivity contribution in [2.24, 2.45) is 0 Å². The second kappa shape index (κ2) is 6.77. The zero-order valence-electron chi connectivity index (χ0n) is 11.5. The van der Waals surface area contributed by atoms with Gasteiger partial charge in [0, 0.05) is 4.47 Å². The van der Waals surface area contributed by atoms with E-state index < -0.39 is 6.10 Å². The lowest BCUT2D eigenvalue weighted by Gasteiger charge is -2.13. The number of hydrogen-bond donors (Lipinski definition) is 1. The van der Waals surface area contributed by atoms with Crippen LogP contribution in [-0.2, 0) is 0 Å². The Labute approximate surface area is 127 Å². The molecule has 0 saturated heterocycles. The minimum Gasteiger partial charge on any atom is -0.490 e. The molecule has 0 bridgehead atoms. The molecule has 1 atom stereocenters. The van der Waals surface area contributed by atoms with Gasteiger partial charge in [-0.1, -0.05) is 34.1 Å². The summed E-state index contributed by atoms with van der Waals surface area (Å²) >= 11 is 3.44. The number of aliphatic hydroxyl groups is 1. The van der Waals surface area contributed by atoms with Gasteiger partial charge in [-0.3, -0.25) is 0 Å². The highest BCUT2D eigenvalue weighted by Gasteiger charge is 2.09. The second-order valence-electron chi connectivity index (χ2n) is 4.34. The van der Waals surface area contributed by atoms with Gasteiger partial charge in [-0.2, -0.15) is 0 Å². The molecule has 0 saturated carbocycles. The Kier molecular flexibility index (Phi) is 5.04. The SMILES string of the molecule is CCOc1ccccc1Oc1ccc(C(C)O)c(Br)c1. The van der Waals surface area contributed by atoms with Gasteiger partial charge in [0.1, 0.15) is 5.75 Å². The van der Waals surface area contributed by atoms with Crippen molar-refractivity contribution in [2.75, 3.05) is 6.61 Å². The van der Waals surface area contributed by atoms with Gasteiger partial charge in [0.15, 0.2) is 11.5 Å². The van der Waals surface area contributed by atoms with Gasteiger partial charge < -0.3 is 14.6 Å². The van der Waals surface area contributed by atoms with Gasteiger partial charge in [0.2, 0.25) is 0 Å². The van der Waals surface area contributed by atoms with E-state index in [0.29, 0.717) is 23.9 Å². The Morgan fingerprint density at radius 1 is 1.15 bits per heavy atom. The minimum absolute atomic E-state index is 0.519. The van der Waals surface area contributed by atoms with E-state index >= 15 is 0 Å². The Hall–Kier alpha value is -1.52. The number of para-hydroxylation sites is 2. The Morgan fingerprint density at radius 3 is 2.45 bits per heavy atom. The molecule has 1 unspecified atom stereocenters.